The molecule has 0 bridgehead atoms. The van der Waals surface area contributed by atoms with Gasteiger partial charge >= 0.3 is 5.97 Å². The van der Waals surface area contributed by atoms with E-state index in [9.17, 15) is 9.59 Å². The maximum atomic E-state index is 14.0. The molecule has 4 heterocycles. The highest BCUT2D eigenvalue weighted by atomic mass is 16.5. The van der Waals surface area contributed by atoms with Crippen molar-refractivity contribution in [3.05, 3.63) is 66.6 Å². The van der Waals surface area contributed by atoms with Gasteiger partial charge in [0.1, 0.15) is 11.2 Å². The van der Waals surface area contributed by atoms with Gasteiger partial charge in [-0.25, -0.2) is 14.5 Å². The number of pyridine rings is 1. The van der Waals surface area contributed by atoms with Crippen LogP contribution in [0.15, 0.2) is 61.1 Å². The molecule has 1 unspecified atom stereocenters. The fraction of sp³-hybridized carbons (Fsp3) is 0.419. The van der Waals surface area contributed by atoms with Crippen LogP contribution in [-0.2, 0) is 14.3 Å². The van der Waals surface area contributed by atoms with Gasteiger partial charge in [-0.15, -0.1) is 5.10 Å². The number of anilines is 1. The minimum atomic E-state index is -0.487. The van der Waals surface area contributed by atoms with Crippen LogP contribution in [0.5, 0.6) is 0 Å². The number of esters is 1. The summed E-state index contributed by atoms with van der Waals surface area (Å²) in [6, 6.07) is 13.6. The van der Waals surface area contributed by atoms with E-state index in [0.717, 1.165) is 48.3 Å². The summed E-state index contributed by atoms with van der Waals surface area (Å²) in [4.78, 5) is 33.6. The van der Waals surface area contributed by atoms with Crippen LogP contribution < -0.4 is 4.90 Å². The van der Waals surface area contributed by atoms with Crippen LogP contribution in [-0.4, -0.2) is 56.9 Å². The summed E-state index contributed by atoms with van der Waals surface area (Å²) in [5.41, 5.74) is 3.77. The topological polar surface area (TPSA) is 91.0 Å². The lowest BCUT2D eigenvalue weighted by atomic mass is 9.82. The van der Waals surface area contributed by atoms with Crippen LogP contribution >= 0.6 is 0 Å². The lowest BCUT2D eigenvalue weighted by Crippen LogP contribution is -2.46. The van der Waals surface area contributed by atoms with Crippen LogP contribution in [0.4, 0.5) is 5.82 Å². The van der Waals surface area contributed by atoms with E-state index in [1.807, 2.05) is 59.3 Å². The SMILES string of the molecule is CCOC(=O)c1cn(-c2ccc(-c3cn4ccccc4n3)cc2)nc1N(C(=O)C1CCC(C)CC1)C1CCOC1. The molecular formula is C31H35N5O4. The minimum Gasteiger partial charge on any atom is -0.462 e. The smallest absolute Gasteiger partial charge is 0.343 e. The molecule has 1 amide bonds. The average Bonchev–Trinajstić information content (AvgIpc) is 3.74. The fourth-order valence-electron chi connectivity index (χ4n) is 5.77. The highest BCUT2D eigenvalue weighted by Gasteiger charge is 2.38. The van der Waals surface area contributed by atoms with Crippen LogP contribution in [0.25, 0.3) is 22.6 Å². The Morgan fingerprint density at radius 1 is 1.05 bits per heavy atom. The Labute approximate surface area is 233 Å². The van der Waals surface area contributed by atoms with Gasteiger partial charge in [-0.2, -0.15) is 0 Å². The van der Waals surface area contributed by atoms with Crippen molar-refractivity contribution in [2.75, 3.05) is 24.7 Å². The Bertz CT molecular complexity index is 1460. The first kappa shape index (κ1) is 26.3. The number of nitrogens with zero attached hydrogens (tertiary/aromatic N) is 5. The van der Waals surface area contributed by atoms with E-state index in [0.29, 0.717) is 31.4 Å². The predicted molar refractivity (Wildman–Crippen MR) is 152 cm³/mol. The Morgan fingerprint density at radius 2 is 1.85 bits per heavy atom. The molecule has 40 heavy (non-hydrogen) atoms. The normalized spacial score (nSPS) is 21.0. The van der Waals surface area contributed by atoms with E-state index in [1.54, 1.807) is 22.7 Å². The number of rotatable bonds is 7. The Hall–Kier alpha value is -3.98. The van der Waals surface area contributed by atoms with E-state index in [4.69, 9.17) is 19.6 Å². The molecule has 9 heteroatoms. The van der Waals surface area contributed by atoms with Gasteiger partial charge in [0.05, 0.1) is 30.6 Å². The molecule has 3 aromatic heterocycles. The largest absolute Gasteiger partial charge is 0.462 e. The number of fused-ring (bicyclic) bond motifs is 1. The van der Waals surface area contributed by atoms with Crippen molar-refractivity contribution in [3.63, 3.8) is 0 Å². The first-order chi connectivity index (χ1) is 19.5. The van der Waals surface area contributed by atoms with Crippen molar-refractivity contribution in [2.45, 2.75) is 52.0 Å². The summed E-state index contributed by atoms with van der Waals surface area (Å²) in [5.74, 6) is 0.438. The number of carbonyl (C=O) groups is 2. The molecule has 2 fully saturated rings. The van der Waals surface area contributed by atoms with E-state index in [1.165, 1.54) is 0 Å². The van der Waals surface area contributed by atoms with Gasteiger partial charge < -0.3 is 13.9 Å². The average molecular weight is 542 g/mol. The maximum absolute atomic E-state index is 14.0. The number of benzene rings is 1. The molecule has 2 aliphatic rings. The molecule has 1 aliphatic heterocycles. The molecule has 0 radical (unpaired) electrons. The van der Waals surface area contributed by atoms with Crippen LogP contribution in [0, 0.1) is 11.8 Å². The molecule has 1 aromatic carbocycles. The second-order valence-corrected chi connectivity index (χ2v) is 10.9. The summed E-state index contributed by atoms with van der Waals surface area (Å²) in [7, 11) is 0. The molecule has 9 nitrogen and oxygen atoms in total. The van der Waals surface area contributed by atoms with E-state index in [2.05, 4.69) is 6.92 Å². The van der Waals surface area contributed by atoms with Gasteiger partial charge in [-0.05, 0) is 69.2 Å². The first-order valence-corrected chi connectivity index (χ1v) is 14.2. The van der Waals surface area contributed by atoms with Crippen molar-refractivity contribution in [2.24, 2.45) is 11.8 Å². The van der Waals surface area contributed by atoms with Gasteiger partial charge in [-0.1, -0.05) is 25.1 Å². The standard InChI is InChI=1S/C31H35N5O4/c1-3-40-31(38)26-18-35(24-13-11-22(12-14-24)27-19-34-16-5-4-6-28(34)32-27)33-29(26)36(25-15-17-39-20-25)30(37)23-9-7-21(2)8-10-23/h4-6,11-14,16,18-19,21,23,25H,3,7-10,15,17,20H2,1-2H3. The molecular weight excluding hydrogens is 506 g/mol. The molecule has 1 saturated carbocycles. The number of aromatic nitrogens is 4. The van der Waals surface area contributed by atoms with Crippen LogP contribution in [0.2, 0.25) is 0 Å². The number of ether oxygens (including phenoxy) is 2. The zero-order valence-electron chi connectivity index (χ0n) is 23.0. The van der Waals surface area contributed by atoms with Crippen molar-refractivity contribution in [3.8, 4) is 16.9 Å². The van der Waals surface area contributed by atoms with Crippen LogP contribution in [0.1, 0.15) is 56.3 Å². The summed E-state index contributed by atoms with van der Waals surface area (Å²) < 4.78 is 14.7. The molecule has 208 valence electrons. The number of hydrogen-bond donors (Lipinski definition) is 0. The Morgan fingerprint density at radius 3 is 2.55 bits per heavy atom. The Balaban J connectivity index is 1.35. The van der Waals surface area contributed by atoms with Crippen molar-refractivity contribution < 1.29 is 19.1 Å². The lowest BCUT2D eigenvalue weighted by Gasteiger charge is -2.33. The molecule has 1 saturated heterocycles. The highest BCUT2D eigenvalue weighted by molar-refractivity contribution is 6.02. The monoisotopic (exact) mass is 541 g/mol. The number of hydrogen-bond acceptors (Lipinski definition) is 6. The number of imidazole rings is 1. The van der Waals surface area contributed by atoms with Gasteiger partial charge in [0.25, 0.3) is 0 Å². The quantitative estimate of drug-likeness (QED) is 0.295. The summed E-state index contributed by atoms with van der Waals surface area (Å²) in [6.45, 7) is 5.26. The predicted octanol–water partition coefficient (Wildman–Crippen LogP) is 5.31. The lowest BCUT2D eigenvalue weighted by molar-refractivity contribution is -0.124. The second-order valence-electron chi connectivity index (χ2n) is 10.9. The molecule has 1 atom stereocenters. The van der Waals surface area contributed by atoms with Gasteiger partial charge in [0.2, 0.25) is 5.91 Å². The van der Waals surface area contributed by atoms with Crippen molar-refractivity contribution in [1.82, 2.24) is 19.2 Å². The molecule has 0 spiro atoms. The van der Waals surface area contributed by atoms with E-state index < -0.39 is 5.97 Å². The van der Waals surface area contributed by atoms with Gasteiger partial charge in [-0.3, -0.25) is 9.69 Å². The van der Waals surface area contributed by atoms with E-state index >= 15 is 0 Å². The molecule has 0 N–H and O–H groups in total. The number of carbonyl (C=O) groups excluding carboxylic acids is 2. The molecule has 4 aromatic rings. The van der Waals surface area contributed by atoms with Crippen molar-refractivity contribution >= 4 is 23.3 Å². The third kappa shape index (κ3) is 5.13. The van der Waals surface area contributed by atoms with Crippen molar-refractivity contribution in [1.29, 1.82) is 0 Å². The molecule has 1 aliphatic carbocycles. The van der Waals surface area contributed by atoms with E-state index in [-0.39, 0.29) is 30.0 Å². The van der Waals surface area contributed by atoms with Crippen LogP contribution in [0.3, 0.4) is 0 Å². The zero-order valence-corrected chi connectivity index (χ0v) is 23.0. The summed E-state index contributed by atoms with van der Waals surface area (Å²) >= 11 is 0. The molecule has 6 rings (SSSR count). The highest BCUT2D eigenvalue weighted by Crippen LogP contribution is 2.34. The summed E-state index contributed by atoms with van der Waals surface area (Å²) in [6.07, 6.45) is 10.1. The number of amides is 1. The second kappa shape index (κ2) is 11.3. The fourth-order valence-corrected chi connectivity index (χ4v) is 5.77. The van der Waals surface area contributed by atoms with Gasteiger partial charge in [0, 0.05) is 36.7 Å². The maximum Gasteiger partial charge on any atom is 0.343 e. The third-order valence-corrected chi connectivity index (χ3v) is 8.08. The third-order valence-electron chi connectivity index (χ3n) is 8.08. The minimum absolute atomic E-state index is 0.0281. The summed E-state index contributed by atoms with van der Waals surface area (Å²) in [5, 5.41) is 4.84. The zero-order chi connectivity index (χ0) is 27.6. The first-order valence-electron chi connectivity index (χ1n) is 14.2. The Kier molecular flexibility index (Phi) is 7.38. The van der Waals surface area contributed by atoms with Gasteiger partial charge in [0.15, 0.2) is 5.82 Å².